The SMILES string of the molecule is Nc1cn(C2CCCC2)nc1-c1ccc(F)c(Cl)c1. The standard InChI is InChI=1S/C14H15ClFN3/c15-11-7-9(5-6-12(11)16)14-13(17)8-19(18-14)10-3-1-2-4-10/h5-8,10H,1-4,17H2. The predicted molar refractivity (Wildman–Crippen MR) is 74.5 cm³/mol. The first-order valence-corrected chi connectivity index (χ1v) is 6.83. The smallest absolute Gasteiger partial charge is 0.141 e. The number of aromatic nitrogens is 2. The van der Waals surface area contributed by atoms with Crippen molar-refractivity contribution in [1.82, 2.24) is 9.78 Å². The number of hydrogen-bond donors (Lipinski definition) is 1. The molecule has 0 unspecified atom stereocenters. The summed E-state index contributed by atoms with van der Waals surface area (Å²) in [5, 5.41) is 4.63. The van der Waals surface area contributed by atoms with Gasteiger partial charge in [-0.3, -0.25) is 4.68 Å². The van der Waals surface area contributed by atoms with Gasteiger partial charge in [0.15, 0.2) is 0 Å². The van der Waals surface area contributed by atoms with E-state index in [1.54, 1.807) is 12.1 Å². The second kappa shape index (κ2) is 4.85. The normalized spacial score (nSPS) is 16.1. The molecule has 1 saturated carbocycles. The van der Waals surface area contributed by atoms with Gasteiger partial charge in [0.05, 0.1) is 16.8 Å². The first kappa shape index (κ1) is 12.5. The highest BCUT2D eigenvalue weighted by molar-refractivity contribution is 6.31. The molecule has 0 radical (unpaired) electrons. The average molecular weight is 280 g/mol. The second-order valence-corrected chi connectivity index (χ2v) is 5.39. The van der Waals surface area contributed by atoms with Crippen LogP contribution in [0, 0.1) is 5.82 Å². The van der Waals surface area contributed by atoms with Crippen LogP contribution in [-0.4, -0.2) is 9.78 Å². The van der Waals surface area contributed by atoms with Gasteiger partial charge in [0.25, 0.3) is 0 Å². The molecule has 100 valence electrons. The summed E-state index contributed by atoms with van der Waals surface area (Å²) in [7, 11) is 0. The van der Waals surface area contributed by atoms with Crippen LogP contribution in [0.4, 0.5) is 10.1 Å². The molecule has 5 heteroatoms. The Kier molecular flexibility index (Phi) is 3.19. The number of anilines is 1. The third-order valence-electron chi connectivity index (χ3n) is 3.65. The maximum Gasteiger partial charge on any atom is 0.141 e. The highest BCUT2D eigenvalue weighted by Gasteiger charge is 2.20. The Morgan fingerprint density at radius 3 is 2.74 bits per heavy atom. The summed E-state index contributed by atoms with van der Waals surface area (Å²) in [5.74, 6) is -0.431. The number of nitrogen functional groups attached to an aromatic ring is 1. The number of nitrogens with two attached hydrogens (primary N) is 1. The largest absolute Gasteiger partial charge is 0.396 e. The molecule has 1 aliphatic carbocycles. The van der Waals surface area contributed by atoms with Gasteiger partial charge in [-0.1, -0.05) is 24.4 Å². The van der Waals surface area contributed by atoms with Crippen molar-refractivity contribution in [2.75, 3.05) is 5.73 Å². The molecule has 1 heterocycles. The van der Waals surface area contributed by atoms with Crippen LogP contribution < -0.4 is 5.73 Å². The van der Waals surface area contributed by atoms with E-state index in [4.69, 9.17) is 17.3 Å². The van der Waals surface area contributed by atoms with E-state index in [1.165, 1.54) is 18.9 Å². The van der Waals surface area contributed by atoms with Crippen molar-refractivity contribution >= 4 is 17.3 Å². The lowest BCUT2D eigenvalue weighted by atomic mass is 10.1. The van der Waals surface area contributed by atoms with Crippen LogP contribution in [0.5, 0.6) is 0 Å². The van der Waals surface area contributed by atoms with Crippen LogP contribution in [0.2, 0.25) is 5.02 Å². The Labute approximate surface area is 116 Å². The van der Waals surface area contributed by atoms with E-state index in [-0.39, 0.29) is 5.02 Å². The Morgan fingerprint density at radius 1 is 1.32 bits per heavy atom. The molecular weight excluding hydrogens is 265 g/mol. The maximum absolute atomic E-state index is 13.2. The monoisotopic (exact) mass is 279 g/mol. The van der Waals surface area contributed by atoms with Crippen LogP contribution in [0.3, 0.4) is 0 Å². The molecule has 0 amide bonds. The molecule has 1 aromatic heterocycles. The molecule has 0 bridgehead atoms. The molecule has 1 fully saturated rings. The lowest BCUT2D eigenvalue weighted by molar-refractivity contribution is 0.468. The zero-order valence-corrected chi connectivity index (χ0v) is 11.2. The Hall–Kier alpha value is -1.55. The third kappa shape index (κ3) is 2.32. The van der Waals surface area contributed by atoms with E-state index in [2.05, 4.69) is 5.10 Å². The molecule has 3 rings (SSSR count). The molecule has 2 N–H and O–H groups in total. The summed E-state index contributed by atoms with van der Waals surface area (Å²) in [6, 6.07) is 4.99. The topological polar surface area (TPSA) is 43.8 Å². The van der Waals surface area contributed by atoms with Crippen molar-refractivity contribution in [2.45, 2.75) is 31.7 Å². The first-order chi connectivity index (χ1) is 9.15. The van der Waals surface area contributed by atoms with Gasteiger partial charge < -0.3 is 5.73 Å². The quantitative estimate of drug-likeness (QED) is 0.901. The molecule has 1 aliphatic rings. The van der Waals surface area contributed by atoms with Crippen molar-refractivity contribution in [3.05, 3.63) is 35.2 Å². The lowest BCUT2D eigenvalue weighted by Gasteiger charge is -2.08. The number of rotatable bonds is 2. The Bertz CT molecular complexity index is 603. The van der Waals surface area contributed by atoms with Gasteiger partial charge in [-0.2, -0.15) is 5.10 Å². The van der Waals surface area contributed by atoms with E-state index in [1.807, 2.05) is 10.9 Å². The molecular formula is C14H15ClFN3. The number of benzene rings is 1. The fourth-order valence-electron chi connectivity index (χ4n) is 2.63. The van der Waals surface area contributed by atoms with Crippen molar-refractivity contribution in [3.63, 3.8) is 0 Å². The summed E-state index contributed by atoms with van der Waals surface area (Å²) in [6.07, 6.45) is 6.63. The molecule has 0 saturated heterocycles. The van der Waals surface area contributed by atoms with Gasteiger partial charge in [0, 0.05) is 11.8 Å². The van der Waals surface area contributed by atoms with Gasteiger partial charge in [-0.25, -0.2) is 4.39 Å². The Morgan fingerprint density at radius 2 is 2.05 bits per heavy atom. The first-order valence-electron chi connectivity index (χ1n) is 6.45. The van der Waals surface area contributed by atoms with E-state index < -0.39 is 5.82 Å². The van der Waals surface area contributed by atoms with E-state index in [9.17, 15) is 4.39 Å². The second-order valence-electron chi connectivity index (χ2n) is 4.98. The minimum absolute atomic E-state index is 0.0901. The van der Waals surface area contributed by atoms with Crippen molar-refractivity contribution in [2.24, 2.45) is 0 Å². The fraction of sp³-hybridized carbons (Fsp3) is 0.357. The molecule has 19 heavy (non-hydrogen) atoms. The molecule has 0 atom stereocenters. The predicted octanol–water partition coefficient (Wildman–Crippen LogP) is 4.04. The summed E-state index contributed by atoms with van der Waals surface area (Å²) in [5.41, 5.74) is 8.04. The van der Waals surface area contributed by atoms with E-state index in [0.717, 1.165) is 18.4 Å². The average Bonchev–Trinajstić information content (AvgIpc) is 3.01. The van der Waals surface area contributed by atoms with Crippen molar-refractivity contribution < 1.29 is 4.39 Å². The van der Waals surface area contributed by atoms with Gasteiger partial charge >= 0.3 is 0 Å². The minimum atomic E-state index is -0.431. The minimum Gasteiger partial charge on any atom is -0.396 e. The van der Waals surface area contributed by atoms with Crippen molar-refractivity contribution in [3.8, 4) is 11.3 Å². The molecule has 2 aromatic rings. The summed E-state index contributed by atoms with van der Waals surface area (Å²) in [6.45, 7) is 0. The number of halogens is 2. The zero-order valence-electron chi connectivity index (χ0n) is 10.4. The van der Waals surface area contributed by atoms with Crippen LogP contribution in [0.25, 0.3) is 11.3 Å². The summed E-state index contributed by atoms with van der Waals surface area (Å²) < 4.78 is 15.1. The summed E-state index contributed by atoms with van der Waals surface area (Å²) in [4.78, 5) is 0. The molecule has 0 spiro atoms. The van der Waals surface area contributed by atoms with Crippen LogP contribution in [0.15, 0.2) is 24.4 Å². The Balaban J connectivity index is 1.97. The maximum atomic E-state index is 13.2. The molecule has 0 aliphatic heterocycles. The van der Waals surface area contributed by atoms with E-state index >= 15 is 0 Å². The summed E-state index contributed by atoms with van der Waals surface area (Å²) >= 11 is 5.80. The zero-order chi connectivity index (χ0) is 13.4. The van der Waals surface area contributed by atoms with Gasteiger partial charge in [-0.15, -0.1) is 0 Å². The fourth-order valence-corrected chi connectivity index (χ4v) is 2.81. The van der Waals surface area contributed by atoms with Gasteiger partial charge in [-0.05, 0) is 31.0 Å². The van der Waals surface area contributed by atoms with Gasteiger partial charge in [0.1, 0.15) is 11.5 Å². The van der Waals surface area contributed by atoms with E-state index in [0.29, 0.717) is 17.4 Å². The molecule has 3 nitrogen and oxygen atoms in total. The third-order valence-corrected chi connectivity index (χ3v) is 3.94. The number of nitrogens with zero attached hydrogens (tertiary/aromatic N) is 2. The van der Waals surface area contributed by atoms with Crippen LogP contribution in [0.1, 0.15) is 31.7 Å². The van der Waals surface area contributed by atoms with Crippen LogP contribution >= 0.6 is 11.6 Å². The van der Waals surface area contributed by atoms with Crippen molar-refractivity contribution in [1.29, 1.82) is 0 Å². The number of hydrogen-bond acceptors (Lipinski definition) is 2. The highest BCUT2D eigenvalue weighted by Crippen LogP contribution is 2.33. The van der Waals surface area contributed by atoms with Crippen LogP contribution in [-0.2, 0) is 0 Å². The molecule has 1 aromatic carbocycles. The lowest BCUT2D eigenvalue weighted by Crippen LogP contribution is -2.04. The highest BCUT2D eigenvalue weighted by atomic mass is 35.5. The van der Waals surface area contributed by atoms with Gasteiger partial charge in [0.2, 0.25) is 0 Å².